The van der Waals surface area contributed by atoms with E-state index in [2.05, 4.69) is 11.9 Å². The lowest BCUT2D eigenvalue weighted by Crippen LogP contribution is -2.33. The minimum absolute atomic E-state index is 0.366. The van der Waals surface area contributed by atoms with Gasteiger partial charge in [-0.1, -0.05) is 6.92 Å². The van der Waals surface area contributed by atoms with Crippen molar-refractivity contribution in [3.8, 4) is 0 Å². The van der Waals surface area contributed by atoms with Crippen LogP contribution < -0.4 is 0 Å². The van der Waals surface area contributed by atoms with Gasteiger partial charge < -0.3 is 0 Å². The molecule has 0 bridgehead atoms. The van der Waals surface area contributed by atoms with Crippen LogP contribution in [0.25, 0.3) is 0 Å². The molecule has 1 fully saturated rings. The van der Waals surface area contributed by atoms with E-state index in [1.807, 2.05) is 0 Å². The lowest BCUT2D eigenvalue weighted by Gasteiger charge is -2.34. The van der Waals surface area contributed by atoms with Gasteiger partial charge in [0.05, 0.1) is 0 Å². The maximum Gasteiger partial charge on any atom is 0.0391 e. The highest BCUT2D eigenvalue weighted by Gasteiger charge is 2.31. The van der Waals surface area contributed by atoms with Crippen LogP contribution in [0.5, 0.6) is 0 Å². The Morgan fingerprint density at radius 2 is 2.17 bits per heavy atom. The summed E-state index contributed by atoms with van der Waals surface area (Å²) in [5, 5.41) is 0.366. The summed E-state index contributed by atoms with van der Waals surface area (Å²) in [5.41, 5.74) is 1.42. The van der Waals surface area contributed by atoms with Gasteiger partial charge in [0.2, 0.25) is 0 Å². The molecule has 3 atom stereocenters. The SMILES string of the molecule is CC1CCN=C2CC(Cl)CCC21. The summed E-state index contributed by atoms with van der Waals surface area (Å²) >= 11 is 6.10. The standard InChI is InChI=1S/C10H16ClN/c1-7-4-5-12-10-6-8(11)2-3-9(7)10/h7-9H,2-6H2,1H3. The van der Waals surface area contributed by atoms with Crippen LogP contribution in [0.3, 0.4) is 0 Å². The van der Waals surface area contributed by atoms with Gasteiger partial charge in [-0.05, 0) is 31.1 Å². The van der Waals surface area contributed by atoms with Gasteiger partial charge in [0.25, 0.3) is 0 Å². The van der Waals surface area contributed by atoms with E-state index < -0.39 is 0 Å². The minimum Gasteiger partial charge on any atom is -0.294 e. The van der Waals surface area contributed by atoms with E-state index in [0.717, 1.165) is 24.8 Å². The highest BCUT2D eigenvalue weighted by atomic mass is 35.5. The van der Waals surface area contributed by atoms with Gasteiger partial charge in [-0.15, -0.1) is 11.6 Å². The Morgan fingerprint density at radius 1 is 1.33 bits per heavy atom. The van der Waals surface area contributed by atoms with E-state index in [9.17, 15) is 0 Å². The van der Waals surface area contributed by atoms with Gasteiger partial charge in [-0.25, -0.2) is 0 Å². The molecule has 0 amide bonds. The molecular formula is C10H16ClN. The molecule has 0 saturated heterocycles. The van der Waals surface area contributed by atoms with E-state index in [1.54, 1.807) is 0 Å². The van der Waals surface area contributed by atoms with Gasteiger partial charge in [0.1, 0.15) is 0 Å². The molecule has 2 aliphatic rings. The van der Waals surface area contributed by atoms with E-state index in [-0.39, 0.29) is 0 Å². The van der Waals surface area contributed by atoms with Gasteiger partial charge >= 0.3 is 0 Å². The molecule has 12 heavy (non-hydrogen) atoms. The summed E-state index contributed by atoms with van der Waals surface area (Å²) in [7, 11) is 0. The average Bonchev–Trinajstić information content (AvgIpc) is 2.04. The largest absolute Gasteiger partial charge is 0.294 e. The van der Waals surface area contributed by atoms with Gasteiger partial charge in [-0.3, -0.25) is 4.99 Å². The Balaban J connectivity index is 2.11. The maximum absolute atomic E-state index is 6.10. The number of rotatable bonds is 0. The highest BCUT2D eigenvalue weighted by Crippen LogP contribution is 2.34. The maximum atomic E-state index is 6.10. The zero-order valence-electron chi connectivity index (χ0n) is 7.59. The van der Waals surface area contributed by atoms with Crippen LogP contribution in [-0.2, 0) is 0 Å². The Labute approximate surface area is 79.2 Å². The lowest BCUT2D eigenvalue weighted by atomic mass is 9.76. The molecule has 2 heteroatoms. The summed E-state index contributed by atoms with van der Waals surface area (Å²) in [6.07, 6.45) is 4.79. The van der Waals surface area contributed by atoms with E-state index in [1.165, 1.54) is 25.0 Å². The molecule has 3 unspecified atom stereocenters. The zero-order valence-corrected chi connectivity index (χ0v) is 8.35. The number of fused-ring (bicyclic) bond motifs is 1. The van der Waals surface area contributed by atoms with E-state index in [4.69, 9.17) is 11.6 Å². The predicted octanol–water partition coefficient (Wildman–Crippen LogP) is 2.87. The molecule has 0 aromatic carbocycles. The predicted molar refractivity (Wildman–Crippen MR) is 53.1 cm³/mol. The van der Waals surface area contributed by atoms with E-state index in [0.29, 0.717) is 5.38 Å². The Morgan fingerprint density at radius 3 is 3.00 bits per heavy atom. The van der Waals surface area contributed by atoms with Crippen LogP contribution >= 0.6 is 11.6 Å². The van der Waals surface area contributed by atoms with Gasteiger partial charge in [0, 0.05) is 24.1 Å². The molecule has 0 aromatic heterocycles. The topological polar surface area (TPSA) is 12.4 Å². The van der Waals surface area contributed by atoms with Crippen molar-refractivity contribution in [2.24, 2.45) is 16.8 Å². The number of hydrogen-bond acceptors (Lipinski definition) is 1. The van der Waals surface area contributed by atoms with Crippen molar-refractivity contribution in [1.82, 2.24) is 0 Å². The van der Waals surface area contributed by atoms with Crippen LogP contribution in [0.4, 0.5) is 0 Å². The fourth-order valence-electron chi connectivity index (χ4n) is 2.42. The summed E-state index contributed by atoms with van der Waals surface area (Å²) in [5.74, 6) is 1.62. The third kappa shape index (κ3) is 1.52. The Kier molecular flexibility index (Phi) is 2.40. The molecule has 1 aliphatic heterocycles. The molecule has 0 N–H and O–H groups in total. The second-order valence-electron chi connectivity index (χ2n) is 4.12. The van der Waals surface area contributed by atoms with Crippen molar-refractivity contribution in [1.29, 1.82) is 0 Å². The molecule has 0 radical (unpaired) electrons. The van der Waals surface area contributed by atoms with Crippen molar-refractivity contribution in [3.05, 3.63) is 0 Å². The van der Waals surface area contributed by atoms with E-state index >= 15 is 0 Å². The van der Waals surface area contributed by atoms with Crippen LogP contribution in [0.2, 0.25) is 0 Å². The molecule has 1 nitrogen and oxygen atoms in total. The number of hydrogen-bond donors (Lipinski definition) is 0. The average molecular weight is 186 g/mol. The number of halogens is 1. The number of nitrogens with zero attached hydrogens (tertiary/aromatic N) is 1. The quantitative estimate of drug-likeness (QED) is 0.515. The van der Waals surface area contributed by atoms with Crippen LogP contribution in [-0.4, -0.2) is 17.6 Å². The molecule has 68 valence electrons. The van der Waals surface area contributed by atoms with Crippen LogP contribution in [0.1, 0.15) is 32.6 Å². The molecule has 1 aliphatic carbocycles. The second-order valence-corrected chi connectivity index (χ2v) is 4.74. The first-order valence-corrected chi connectivity index (χ1v) is 5.38. The number of aliphatic imine (C=N–C) groups is 1. The molecule has 2 rings (SSSR count). The molecule has 1 heterocycles. The summed E-state index contributed by atoms with van der Waals surface area (Å²) in [6.45, 7) is 3.39. The van der Waals surface area contributed by atoms with Crippen molar-refractivity contribution in [2.45, 2.75) is 38.0 Å². The summed E-state index contributed by atoms with van der Waals surface area (Å²) < 4.78 is 0. The third-order valence-corrected chi connectivity index (χ3v) is 3.61. The molecule has 0 spiro atoms. The molecule has 0 aromatic rings. The first-order chi connectivity index (χ1) is 5.77. The molecular weight excluding hydrogens is 170 g/mol. The van der Waals surface area contributed by atoms with Crippen LogP contribution in [0, 0.1) is 11.8 Å². The smallest absolute Gasteiger partial charge is 0.0391 e. The lowest BCUT2D eigenvalue weighted by molar-refractivity contribution is 0.357. The van der Waals surface area contributed by atoms with Crippen molar-refractivity contribution in [2.75, 3.05) is 6.54 Å². The van der Waals surface area contributed by atoms with Crippen molar-refractivity contribution < 1.29 is 0 Å². The van der Waals surface area contributed by atoms with Crippen LogP contribution in [0.15, 0.2) is 4.99 Å². The first-order valence-electron chi connectivity index (χ1n) is 4.94. The highest BCUT2D eigenvalue weighted by molar-refractivity contribution is 6.22. The normalized spacial score (nSPS) is 41.8. The minimum atomic E-state index is 0.366. The summed E-state index contributed by atoms with van der Waals surface area (Å²) in [6, 6.07) is 0. The number of alkyl halides is 1. The Hall–Kier alpha value is -0.0400. The van der Waals surface area contributed by atoms with Crippen molar-refractivity contribution in [3.63, 3.8) is 0 Å². The fraction of sp³-hybridized carbons (Fsp3) is 0.900. The second kappa shape index (κ2) is 3.37. The zero-order chi connectivity index (χ0) is 8.55. The Bertz CT molecular complexity index is 200. The fourth-order valence-corrected chi connectivity index (χ4v) is 2.70. The van der Waals surface area contributed by atoms with Crippen molar-refractivity contribution >= 4 is 17.3 Å². The summed E-state index contributed by atoms with van der Waals surface area (Å²) in [4.78, 5) is 4.58. The monoisotopic (exact) mass is 185 g/mol. The van der Waals surface area contributed by atoms with Gasteiger partial charge in [0.15, 0.2) is 0 Å². The molecule has 1 saturated carbocycles. The third-order valence-electron chi connectivity index (χ3n) is 3.24. The van der Waals surface area contributed by atoms with Gasteiger partial charge in [-0.2, -0.15) is 0 Å². The first kappa shape index (κ1) is 8.55.